The van der Waals surface area contributed by atoms with Crippen LogP contribution in [0.2, 0.25) is 0 Å². The van der Waals surface area contributed by atoms with Crippen molar-refractivity contribution in [2.24, 2.45) is 5.92 Å². The van der Waals surface area contributed by atoms with Crippen LogP contribution in [0.4, 0.5) is 39.8 Å². The number of carbonyl (C=O) groups is 8. The number of ether oxygens (including phenoxy) is 3. The molecule has 3 unspecified atom stereocenters. The lowest BCUT2D eigenvalue weighted by Crippen LogP contribution is -2.64. The van der Waals surface area contributed by atoms with E-state index < -0.39 is 113 Å². The summed E-state index contributed by atoms with van der Waals surface area (Å²) in [5.41, 5.74) is 0.258. The lowest BCUT2D eigenvalue weighted by molar-refractivity contribution is -0.144. The molecule has 0 radical (unpaired) electrons. The second-order valence-corrected chi connectivity index (χ2v) is 25.1. The van der Waals surface area contributed by atoms with Gasteiger partial charge in [-0.1, -0.05) is 36.4 Å². The van der Waals surface area contributed by atoms with Gasteiger partial charge >= 0.3 is 12.2 Å². The monoisotopic (exact) mass is 1240 g/mol. The number of likely N-dealkylation sites (N-methyl/N-ethyl adjacent to an activating group) is 1. The highest BCUT2D eigenvalue weighted by molar-refractivity contribution is 6.05. The number of hydrogen-bond acceptors (Lipinski definition) is 13. The SMILES string of the molecule is CC1CN(CC(=O)N2CC(C)(C(=O)NCC(=O)Nc3ccc4c(c3)[C@@H](C(=O)Nc3c(F)cccc3F)N(C(=O)[C@@H](NC(=O)[C@H](C)N(C)C(=O)OC(C)(C)C)C3CCOCC3)C4)c3ccc(Cc4ccc(F)cc4)cc32)C(CN2CCOC[C@H]2C)CN1C(=O)O. The molecule has 25 heteroatoms. The third-order valence-corrected chi connectivity index (χ3v) is 17.5. The van der Waals surface area contributed by atoms with Crippen molar-refractivity contribution in [3.63, 3.8) is 0 Å². The summed E-state index contributed by atoms with van der Waals surface area (Å²) in [7, 11) is 1.38. The van der Waals surface area contributed by atoms with Gasteiger partial charge in [0.2, 0.25) is 29.5 Å². The predicted molar refractivity (Wildman–Crippen MR) is 322 cm³/mol. The van der Waals surface area contributed by atoms with Crippen LogP contribution < -0.4 is 26.2 Å². The topological polar surface area (TPSA) is 252 Å². The molecule has 89 heavy (non-hydrogen) atoms. The van der Waals surface area contributed by atoms with Crippen LogP contribution in [0.1, 0.15) is 95.2 Å². The second-order valence-electron chi connectivity index (χ2n) is 25.1. The van der Waals surface area contributed by atoms with Gasteiger partial charge in [-0.15, -0.1) is 0 Å². The number of benzene rings is 4. The van der Waals surface area contributed by atoms with E-state index in [-0.39, 0.29) is 75.2 Å². The van der Waals surface area contributed by atoms with E-state index in [0.717, 1.165) is 34.2 Å². The Balaban J connectivity index is 0.944. The standard InChI is InChI=1S/C64H79F3N10O12/c1-37-30-74(46(33-75(37)61(84)85)32-73-22-25-88-35-38(73)2)34-53(79)77-36-64(7,48-19-14-41(27-51(48)77)26-40-12-16-44(65)17-13-40)60(83)68-29-52(78)69-45-18-15-43-31-76(56(47(43)28-45)58(81)71-55-49(66)10-9-11-50(55)67)59(82)54(42-20-23-87-24-21-42)70-57(80)39(3)72(8)62(86)89-63(4,5)6/h9-19,27-28,37-39,42,46,54,56H,20-26,29-36H2,1-8H3,(H,68,83)(H,69,78)(H,70,80)(H,71,81)(H,84,85)/t37?,38-,39+,46?,54+,56+,64?/m1/s1. The first-order valence-corrected chi connectivity index (χ1v) is 30.0. The van der Waals surface area contributed by atoms with Gasteiger partial charge in [-0.2, -0.15) is 0 Å². The highest BCUT2D eigenvalue weighted by Gasteiger charge is 2.49. The maximum Gasteiger partial charge on any atom is 0.410 e. The van der Waals surface area contributed by atoms with Gasteiger partial charge in [0.1, 0.15) is 46.9 Å². The van der Waals surface area contributed by atoms with Crippen molar-refractivity contribution >= 4 is 64.7 Å². The third kappa shape index (κ3) is 15.0. The minimum Gasteiger partial charge on any atom is -0.465 e. The minimum absolute atomic E-state index is 0.0664. The van der Waals surface area contributed by atoms with Crippen LogP contribution in [0.25, 0.3) is 0 Å². The molecule has 9 rings (SSSR count). The molecule has 478 valence electrons. The average Bonchev–Trinajstić information content (AvgIpc) is 1.66. The number of carboxylic acid groups (broad SMARTS) is 1. The van der Waals surface area contributed by atoms with Gasteiger partial charge in [0.15, 0.2) is 0 Å². The van der Waals surface area contributed by atoms with Crippen molar-refractivity contribution in [3.05, 3.63) is 124 Å². The molecular weight excluding hydrogens is 1160 g/mol. The smallest absolute Gasteiger partial charge is 0.410 e. The minimum atomic E-state index is -1.57. The van der Waals surface area contributed by atoms with Gasteiger partial charge in [-0.05, 0) is 144 Å². The molecule has 3 fully saturated rings. The molecule has 5 aliphatic rings. The molecular formula is C64H79F3N10O12. The number of rotatable bonds is 17. The maximum atomic E-state index is 15.2. The number of piperazine rings is 1. The Kier molecular flexibility index (Phi) is 20.0. The highest BCUT2D eigenvalue weighted by atomic mass is 19.1. The number of anilines is 3. The first-order chi connectivity index (χ1) is 42.2. The van der Waals surface area contributed by atoms with E-state index in [1.807, 2.05) is 24.0 Å². The number of halogens is 3. The predicted octanol–water partition coefficient (Wildman–Crippen LogP) is 6.02. The zero-order valence-corrected chi connectivity index (χ0v) is 51.4. The number of hydrogen-bond donors (Lipinski definition) is 5. The number of carbonyl (C=O) groups excluding carboxylic acids is 7. The summed E-state index contributed by atoms with van der Waals surface area (Å²) in [6.45, 7) is 14.1. The Hall–Kier alpha value is -8.13. The Labute approximate surface area is 515 Å². The lowest BCUT2D eigenvalue weighted by Gasteiger charge is -2.47. The summed E-state index contributed by atoms with van der Waals surface area (Å²) in [5.74, 6) is -7.10. The third-order valence-electron chi connectivity index (χ3n) is 17.5. The number of nitrogens with zero attached hydrogens (tertiary/aromatic N) is 6. The summed E-state index contributed by atoms with van der Waals surface area (Å²) in [4.78, 5) is 122. The van der Waals surface area contributed by atoms with E-state index >= 15 is 13.6 Å². The van der Waals surface area contributed by atoms with Crippen LogP contribution in [0.15, 0.2) is 78.9 Å². The summed E-state index contributed by atoms with van der Waals surface area (Å²) in [6.07, 6.45) is -0.779. The van der Waals surface area contributed by atoms with Gasteiger partial charge in [-0.25, -0.2) is 22.8 Å². The van der Waals surface area contributed by atoms with Gasteiger partial charge in [0.05, 0.1) is 31.7 Å². The van der Waals surface area contributed by atoms with Crippen molar-refractivity contribution in [2.75, 3.05) is 94.8 Å². The second kappa shape index (κ2) is 27.3. The molecule has 0 saturated carbocycles. The normalized spacial score (nSPS) is 22.1. The van der Waals surface area contributed by atoms with E-state index in [4.69, 9.17) is 14.2 Å². The molecule has 5 aliphatic heterocycles. The highest BCUT2D eigenvalue weighted by Crippen LogP contribution is 2.43. The Morgan fingerprint density at radius 2 is 1.53 bits per heavy atom. The van der Waals surface area contributed by atoms with Crippen molar-refractivity contribution in [2.45, 2.75) is 122 Å². The van der Waals surface area contributed by atoms with Crippen LogP contribution in [0.3, 0.4) is 0 Å². The fraction of sp³-hybridized carbons (Fsp3) is 0.500. The first kappa shape index (κ1) is 65.3. The summed E-state index contributed by atoms with van der Waals surface area (Å²) in [5, 5.41) is 20.8. The van der Waals surface area contributed by atoms with Crippen molar-refractivity contribution in [1.29, 1.82) is 0 Å². The fourth-order valence-electron chi connectivity index (χ4n) is 12.3. The number of nitrogens with one attached hydrogen (secondary N) is 4. The summed E-state index contributed by atoms with van der Waals surface area (Å²) in [6, 6.07) is 14.4. The largest absolute Gasteiger partial charge is 0.465 e. The molecule has 5 N–H and O–H groups in total. The molecule has 22 nitrogen and oxygen atoms in total. The molecule has 7 atom stereocenters. The molecule has 0 aliphatic carbocycles. The average molecular weight is 1240 g/mol. The summed E-state index contributed by atoms with van der Waals surface area (Å²) < 4.78 is 61.1. The van der Waals surface area contributed by atoms with Crippen LogP contribution in [-0.2, 0) is 61.4 Å². The van der Waals surface area contributed by atoms with Gasteiger partial charge in [0.25, 0.3) is 5.91 Å². The van der Waals surface area contributed by atoms with Crippen molar-refractivity contribution in [3.8, 4) is 0 Å². The van der Waals surface area contributed by atoms with Crippen molar-refractivity contribution < 1.29 is 70.8 Å². The van der Waals surface area contributed by atoms with Crippen LogP contribution >= 0.6 is 0 Å². The molecule has 4 aromatic rings. The number of para-hydroxylation sites is 1. The number of morpholine rings is 1. The Bertz CT molecular complexity index is 3330. The van der Waals surface area contributed by atoms with Gasteiger partial charge < -0.3 is 55.3 Å². The van der Waals surface area contributed by atoms with Gasteiger partial charge in [-0.3, -0.25) is 43.5 Å². The molecule has 3 saturated heterocycles. The van der Waals surface area contributed by atoms with Crippen LogP contribution in [0.5, 0.6) is 0 Å². The van der Waals surface area contributed by atoms with Crippen LogP contribution in [0, 0.1) is 23.4 Å². The quantitative estimate of drug-likeness (QED) is 0.0812. The maximum absolute atomic E-state index is 15.2. The Morgan fingerprint density at radius 1 is 0.831 bits per heavy atom. The molecule has 4 aromatic carbocycles. The van der Waals surface area contributed by atoms with E-state index in [0.29, 0.717) is 62.4 Å². The molecule has 5 heterocycles. The van der Waals surface area contributed by atoms with E-state index in [2.05, 4.69) is 26.2 Å². The number of fused-ring (bicyclic) bond motifs is 2. The Morgan fingerprint density at radius 3 is 2.20 bits per heavy atom. The number of amides is 8. The lowest BCUT2D eigenvalue weighted by atomic mass is 9.83. The molecule has 0 bridgehead atoms. The fourth-order valence-corrected chi connectivity index (χ4v) is 12.3. The van der Waals surface area contributed by atoms with E-state index in [1.165, 1.54) is 48.0 Å². The zero-order valence-electron chi connectivity index (χ0n) is 51.4. The van der Waals surface area contributed by atoms with Crippen LogP contribution in [-0.4, -0.2) is 192 Å². The summed E-state index contributed by atoms with van der Waals surface area (Å²) >= 11 is 0. The van der Waals surface area contributed by atoms with E-state index in [9.17, 15) is 43.1 Å². The molecule has 0 spiro atoms. The zero-order chi connectivity index (χ0) is 64.2. The first-order valence-electron chi connectivity index (χ1n) is 30.0. The van der Waals surface area contributed by atoms with E-state index in [1.54, 1.807) is 63.8 Å². The van der Waals surface area contributed by atoms with Crippen molar-refractivity contribution in [1.82, 2.24) is 35.1 Å². The molecule has 8 amide bonds. The molecule has 0 aromatic heterocycles. The van der Waals surface area contributed by atoms with Gasteiger partial charge in [0, 0.05) is 89.0 Å².